The van der Waals surface area contributed by atoms with Gasteiger partial charge < -0.3 is 14.2 Å². The highest BCUT2D eigenvalue weighted by Crippen LogP contribution is 2.55. The van der Waals surface area contributed by atoms with Crippen molar-refractivity contribution in [3.05, 3.63) is 48.2 Å². The summed E-state index contributed by atoms with van der Waals surface area (Å²) in [4.78, 5) is 11.7. The molecule has 0 saturated carbocycles. The van der Waals surface area contributed by atoms with E-state index in [0.717, 1.165) is 5.56 Å². The normalized spacial score (nSPS) is 34.8. The van der Waals surface area contributed by atoms with Gasteiger partial charge in [-0.05, 0) is 13.5 Å². The molecule has 2 saturated heterocycles. The predicted molar refractivity (Wildman–Crippen MR) is 78.3 cm³/mol. The van der Waals surface area contributed by atoms with Gasteiger partial charge in [0.05, 0.1) is 0 Å². The van der Waals surface area contributed by atoms with Crippen molar-refractivity contribution in [2.24, 2.45) is 5.41 Å². The van der Waals surface area contributed by atoms with Crippen LogP contribution in [0.2, 0.25) is 0 Å². The van der Waals surface area contributed by atoms with Crippen molar-refractivity contribution in [2.45, 2.75) is 45.6 Å². The Morgan fingerprint density at radius 1 is 1.14 bits per heavy atom. The molecule has 2 heterocycles. The zero-order valence-corrected chi connectivity index (χ0v) is 13.2. The molecule has 1 spiro atoms. The summed E-state index contributed by atoms with van der Waals surface area (Å²) in [6, 6.07) is 9.57. The van der Waals surface area contributed by atoms with Crippen LogP contribution in [-0.2, 0) is 29.5 Å². The summed E-state index contributed by atoms with van der Waals surface area (Å²) in [6.07, 6.45) is -0.602. The molecule has 2 unspecified atom stereocenters. The number of ether oxygens (including phenoxy) is 4. The number of rotatable bonds is 1. The molecule has 1 aromatic carbocycles. The quantitative estimate of drug-likeness (QED) is 0.589. The van der Waals surface area contributed by atoms with Gasteiger partial charge in [0.25, 0.3) is 0 Å². The van der Waals surface area contributed by atoms with E-state index < -0.39 is 29.2 Å². The molecule has 0 N–H and O–H groups in total. The van der Waals surface area contributed by atoms with Crippen LogP contribution in [0.25, 0.3) is 0 Å². The fourth-order valence-corrected chi connectivity index (χ4v) is 2.80. The van der Waals surface area contributed by atoms with Gasteiger partial charge in [-0.25, -0.2) is 4.79 Å². The van der Waals surface area contributed by atoms with Crippen LogP contribution in [-0.4, -0.2) is 18.0 Å². The molecule has 118 valence electrons. The van der Waals surface area contributed by atoms with Crippen LogP contribution in [0.15, 0.2) is 42.7 Å². The SMILES string of the molecule is C=C1OC2(OC1=O)OC(c1ccccc1)(C(C)(C)C)O[C@H]2C. The average molecular weight is 304 g/mol. The summed E-state index contributed by atoms with van der Waals surface area (Å²) < 4.78 is 23.1. The molecule has 2 aliphatic heterocycles. The average Bonchev–Trinajstić information content (AvgIpc) is 2.89. The fraction of sp³-hybridized carbons (Fsp3) is 0.471. The summed E-state index contributed by atoms with van der Waals surface area (Å²) in [5.74, 6) is -3.39. The van der Waals surface area contributed by atoms with E-state index in [1.165, 1.54) is 0 Å². The van der Waals surface area contributed by atoms with Gasteiger partial charge in [0.2, 0.25) is 11.5 Å². The van der Waals surface area contributed by atoms with E-state index in [9.17, 15) is 4.79 Å². The molecule has 2 fully saturated rings. The Morgan fingerprint density at radius 3 is 2.27 bits per heavy atom. The van der Waals surface area contributed by atoms with E-state index in [4.69, 9.17) is 18.9 Å². The van der Waals surface area contributed by atoms with Gasteiger partial charge in [-0.3, -0.25) is 4.74 Å². The highest BCUT2D eigenvalue weighted by Gasteiger charge is 2.68. The van der Waals surface area contributed by atoms with Crippen LogP contribution in [0.1, 0.15) is 33.3 Å². The Morgan fingerprint density at radius 2 is 1.77 bits per heavy atom. The summed E-state index contributed by atoms with van der Waals surface area (Å²) in [6.45, 7) is 11.3. The van der Waals surface area contributed by atoms with Crippen LogP contribution in [0, 0.1) is 5.41 Å². The second kappa shape index (κ2) is 4.57. The first kappa shape index (κ1) is 15.1. The highest BCUT2D eigenvalue weighted by molar-refractivity contribution is 5.87. The number of hydrogen-bond donors (Lipinski definition) is 0. The molecule has 0 radical (unpaired) electrons. The Hall–Kier alpha value is -1.85. The first-order valence-corrected chi connectivity index (χ1v) is 7.25. The van der Waals surface area contributed by atoms with E-state index in [1.54, 1.807) is 6.92 Å². The second-order valence-electron chi connectivity index (χ2n) is 6.61. The van der Waals surface area contributed by atoms with Gasteiger partial charge in [0.15, 0.2) is 6.10 Å². The van der Waals surface area contributed by atoms with Crippen molar-refractivity contribution < 1.29 is 23.7 Å². The second-order valence-corrected chi connectivity index (χ2v) is 6.61. The van der Waals surface area contributed by atoms with Crippen molar-refractivity contribution >= 4 is 5.97 Å². The zero-order valence-electron chi connectivity index (χ0n) is 13.2. The van der Waals surface area contributed by atoms with Crippen molar-refractivity contribution in [1.29, 1.82) is 0 Å². The third-order valence-corrected chi connectivity index (χ3v) is 4.00. The van der Waals surface area contributed by atoms with Gasteiger partial charge in [0, 0.05) is 11.0 Å². The molecular formula is C17H20O5. The largest absolute Gasteiger partial charge is 0.421 e. The molecule has 0 amide bonds. The van der Waals surface area contributed by atoms with Gasteiger partial charge in [0.1, 0.15) is 0 Å². The van der Waals surface area contributed by atoms with Crippen LogP contribution in [0.5, 0.6) is 0 Å². The molecule has 0 aromatic heterocycles. The molecule has 1 aromatic rings. The maximum absolute atomic E-state index is 11.7. The monoisotopic (exact) mass is 304 g/mol. The highest BCUT2D eigenvalue weighted by atomic mass is 17.0. The molecule has 5 nitrogen and oxygen atoms in total. The third-order valence-electron chi connectivity index (χ3n) is 4.00. The number of esters is 1. The lowest BCUT2D eigenvalue weighted by Gasteiger charge is -2.40. The first-order chi connectivity index (χ1) is 10.2. The van der Waals surface area contributed by atoms with Crippen LogP contribution in [0.3, 0.4) is 0 Å². The summed E-state index contributed by atoms with van der Waals surface area (Å²) >= 11 is 0. The first-order valence-electron chi connectivity index (χ1n) is 7.25. The lowest BCUT2D eigenvalue weighted by atomic mass is 9.81. The van der Waals surface area contributed by atoms with Crippen LogP contribution >= 0.6 is 0 Å². The smallest absolute Gasteiger partial charge is 0.404 e. The van der Waals surface area contributed by atoms with Crippen LogP contribution < -0.4 is 0 Å². The minimum Gasteiger partial charge on any atom is -0.421 e. The number of carbonyl (C=O) groups excluding carboxylic acids is 1. The third kappa shape index (κ3) is 1.96. The Balaban J connectivity index is 2.08. The standard InChI is InChI=1S/C17H20O5/c1-11-14(18)21-17(19-11)12(2)20-16(22-17,15(3,4)5)13-9-7-6-8-10-13/h6-10,12H,1H2,2-5H3/t12-,16?,17?/m0/s1. The lowest BCUT2D eigenvalue weighted by molar-refractivity contribution is -0.354. The Kier molecular flexibility index (Phi) is 3.13. The molecule has 2 aliphatic rings. The molecule has 3 rings (SSSR count). The summed E-state index contributed by atoms with van der Waals surface area (Å²) in [5, 5.41) is 0. The minimum atomic E-state index is -1.59. The lowest BCUT2D eigenvalue weighted by Crippen LogP contribution is -2.44. The van der Waals surface area contributed by atoms with Crippen molar-refractivity contribution in [1.82, 2.24) is 0 Å². The van der Waals surface area contributed by atoms with Gasteiger partial charge in [-0.1, -0.05) is 51.1 Å². The van der Waals surface area contributed by atoms with Gasteiger partial charge in [-0.2, -0.15) is 0 Å². The van der Waals surface area contributed by atoms with E-state index >= 15 is 0 Å². The Bertz CT molecular complexity index is 600. The maximum Gasteiger partial charge on any atom is 0.404 e. The van der Waals surface area contributed by atoms with Crippen molar-refractivity contribution in [3.8, 4) is 0 Å². The molecule has 0 aliphatic carbocycles. The molecular weight excluding hydrogens is 284 g/mol. The summed E-state index contributed by atoms with van der Waals surface area (Å²) in [7, 11) is 0. The zero-order chi connectivity index (χ0) is 16.2. The van der Waals surface area contributed by atoms with E-state index in [2.05, 4.69) is 6.58 Å². The van der Waals surface area contributed by atoms with Gasteiger partial charge >= 0.3 is 11.9 Å². The molecule has 3 atom stereocenters. The number of carbonyl (C=O) groups is 1. The van der Waals surface area contributed by atoms with E-state index in [-0.39, 0.29) is 5.76 Å². The Labute approximate surface area is 129 Å². The van der Waals surface area contributed by atoms with Crippen molar-refractivity contribution in [2.75, 3.05) is 0 Å². The maximum atomic E-state index is 11.7. The van der Waals surface area contributed by atoms with Crippen LogP contribution in [0.4, 0.5) is 0 Å². The molecule has 0 bridgehead atoms. The predicted octanol–water partition coefficient (Wildman–Crippen LogP) is 3.06. The van der Waals surface area contributed by atoms with E-state index in [1.807, 2.05) is 51.1 Å². The number of hydrogen-bond acceptors (Lipinski definition) is 5. The molecule has 5 heteroatoms. The summed E-state index contributed by atoms with van der Waals surface area (Å²) in [5.41, 5.74) is 0.412. The minimum absolute atomic E-state index is 0.0757. The van der Waals surface area contributed by atoms with Crippen molar-refractivity contribution in [3.63, 3.8) is 0 Å². The topological polar surface area (TPSA) is 54.0 Å². The fourth-order valence-electron chi connectivity index (χ4n) is 2.80. The van der Waals surface area contributed by atoms with E-state index in [0.29, 0.717) is 0 Å². The van der Waals surface area contributed by atoms with Gasteiger partial charge in [-0.15, -0.1) is 0 Å². The number of benzene rings is 1. The molecule has 22 heavy (non-hydrogen) atoms.